The zero-order valence-corrected chi connectivity index (χ0v) is 20.4. The van der Waals surface area contributed by atoms with Gasteiger partial charge in [-0.25, -0.2) is 9.69 Å². The van der Waals surface area contributed by atoms with Crippen molar-refractivity contribution < 1.29 is 53.7 Å². The van der Waals surface area contributed by atoms with Crippen molar-refractivity contribution in [1.82, 2.24) is 0 Å². The zero-order chi connectivity index (χ0) is 21.3. The Morgan fingerprint density at radius 2 is 1.58 bits per heavy atom. The number of halogens is 1. The fourth-order valence-corrected chi connectivity index (χ4v) is 3.92. The number of carboxylic acid groups (broad SMARTS) is 1. The molecule has 1 saturated carbocycles. The second-order valence-electron chi connectivity index (χ2n) is 7.51. The molecule has 2 atom stereocenters. The van der Waals surface area contributed by atoms with Gasteiger partial charge in [-0.1, -0.05) is 36.2 Å². The number of carboxylic acids is 1. The third-order valence-electron chi connectivity index (χ3n) is 5.19. The number of carbonyl (C=O) groups excluding carboxylic acids is 2. The number of rotatable bonds is 8. The van der Waals surface area contributed by atoms with E-state index in [1.54, 1.807) is 24.3 Å². The van der Waals surface area contributed by atoms with Crippen molar-refractivity contribution in [3.63, 3.8) is 0 Å². The second-order valence-corrected chi connectivity index (χ2v) is 7.95. The molecule has 6 nitrogen and oxygen atoms in total. The van der Waals surface area contributed by atoms with Crippen molar-refractivity contribution in [3.8, 4) is 0 Å². The average molecular weight is 454 g/mol. The van der Waals surface area contributed by atoms with Crippen LogP contribution in [0.25, 0.3) is 0 Å². The summed E-state index contributed by atoms with van der Waals surface area (Å²) in [5.74, 6) is -0.718. The second kappa shape index (κ2) is 13.1. The number of hydrogen-bond acceptors (Lipinski definition) is 5. The Morgan fingerprint density at radius 3 is 2.23 bits per heavy atom. The molecule has 0 bridgehead atoms. The number of nitrogens with zero attached hydrogens (tertiary/aromatic N) is 1. The van der Waals surface area contributed by atoms with E-state index in [0.29, 0.717) is 29.6 Å². The van der Waals surface area contributed by atoms with Crippen molar-refractivity contribution in [2.45, 2.75) is 25.7 Å². The molecule has 2 aromatic carbocycles. The van der Waals surface area contributed by atoms with Gasteiger partial charge in [0, 0.05) is 11.6 Å². The van der Waals surface area contributed by atoms with E-state index in [1.807, 2.05) is 30.3 Å². The van der Waals surface area contributed by atoms with Crippen LogP contribution in [0.15, 0.2) is 54.6 Å². The molecule has 0 radical (unpaired) electrons. The normalized spacial score (nSPS) is 18.0. The van der Waals surface area contributed by atoms with Crippen LogP contribution in [0.5, 0.6) is 0 Å². The van der Waals surface area contributed by atoms with Crippen LogP contribution < -0.4 is 39.6 Å². The van der Waals surface area contributed by atoms with Crippen molar-refractivity contribution in [2.75, 3.05) is 24.7 Å². The fraction of sp³-hybridized carbons (Fsp3) is 0.391. The van der Waals surface area contributed by atoms with Gasteiger partial charge in [-0.15, -0.1) is 0 Å². The minimum atomic E-state index is -1.21. The summed E-state index contributed by atoms with van der Waals surface area (Å²) in [7, 11) is 0. The molecule has 0 aliphatic heterocycles. The first-order valence-corrected chi connectivity index (χ1v) is 10.5. The summed E-state index contributed by atoms with van der Waals surface area (Å²) in [4.78, 5) is 25.0. The Kier molecular flexibility index (Phi) is 10.8. The summed E-state index contributed by atoms with van der Waals surface area (Å²) in [6.45, 7) is 0.315. The summed E-state index contributed by atoms with van der Waals surface area (Å²) < 4.78 is 10.9. The predicted molar refractivity (Wildman–Crippen MR) is 113 cm³/mol. The third kappa shape index (κ3) is 8.13. The molecule has 31 heavy (non-hydrogen) atoms. The molecule has 2 unspecified atom stereocenters. The first-order valence-electron chi connectivity index (χ1n) is 10.1. The van der Waals surface area contributed by atoms with E-state index in [4.69, 9.17) is 21.1 Å². The number of amides is 1. The van der Waals surface area contributed by atoms with Gasteiger partial charge in [-0.2, -0.15) is 0 Å². The summed E-state index contributed by atoms with van der Waals surface area (Å²) in [6.07, 6.45) is 3.35. The van der Waals surface area contributed by atoms with Crippen LogP contribution in [-0.2, 0) is 14.3 Å². The van der Waals surface area contributed by atoms with Crippen LogP contribution in [-0.4, -0.2) is 31.9 Å². The molecule has 0 heterocycles. The van der Waals surface area contributed by atoms with Crippen molar-refractivity contribution in [1.29, 1.82) is 0 Å². The van der Waals surface area contributed by atoms with Crippen LogP contribution in [0.3, 0.4) is 0 Å². The SMILES string of the molecule is O=C([O-])COCC1CCCC(COC(=O)N(c2ccccc2)c2ccc(Cl)cc2)C1.[Na+]. The largest absolute Gasteiger partial charge is 1.00 e. The standard InChI is InChI=1S/C23H26ClNO5.Na/c24-19-9-11-21(12-10-19)25(20-7-2-1-3-8-20)23(28)30-15-18-6-4-5-17(13-18)14-29-16-22(26)27;/h1-3,7-12,17-18H,4-6,13-16H2,(H,26,27);/q;+1/p-1. The molecule has 1 aliphatic carbocycles. The van der Waals surface area contributed by atoms with Crippen molar-refractivity contribution in [3.05, 3.63) is 59.6 Å². The van der Waals surface area contributed by atoms with Gasteiger partial charge in [-0.3, -0.25) is 0 Å². The summed E-state index contributed by atoms with van der Waals surface area (Å²) in [6, 6.07) is 16.3. The average Bonchev–Trinajstić information content (AvgIpc) is 2.75. The molecule has 2 aromatic rings. The first-order chi connectivity index (χ1) is 14.5. The van der Waals surface area contributed by atoms with Crippen molar-refractivity contribution in [2.24, 2.45) is 11.8 Å². The van der Waals surface area contributed by atoms with Crippen molar-refractivity contribution >= 4 is 35.0 Å². The van der Waals surface area contributed by atoms with Gasteiger partial charge >= 0.3 is 35.7 Å². The van der Waals surface area contributed by atoms with E-state index in [-0.39, 0.29) is 48.0 Å². The fourth-order valence-electron chi connectivity index (χ4n) is 3.79. The first kappa shape index (κ1) is 25.7. The molecule has 3 rings (SSSR count). The molecule has 0 spiro atoms. The molecule has 1 aliphatic rings. The van der Waals surface area contributed by atoms with Gasteiger partial charge < -0.3 is 19.4 Å². The van der Waals surface area contributed by atoms with E-state index < -0.39 is 12.1 Å². The molecular formula is C23H25ClNNaO5. The molecule has 1 amide bonds. The maximum atomic E-state index is 13.0. The monoisotopic (exact) mass is 453 g/mol. The Morgan fingerprint density at radius 1 is 0.968 bits per heavy atom. The van der Waals surface area contributed by atoms with Gasteiger partial charge in [0.15, 0.2) is 0 Å². The van der Waals surface area contributed by atoms with Gasteiger partial charge in [-0.05, 0) is 67.5 Å². The van der Waals surface area contributed by atoms with E-state index in [9.17, 15) is 14.7 Å². The van der Waals surface area contributed by atoms with Gasteiger partial charge in [0.1, 0.15) is 0 Å². The van der Waals surface area contributed by atoms with E-state index in [2.05, 4.69) is 0 Å². The number of para-hydroxylation sites is 1. The summed E-state index contributed by atoms with van der Waals surface area (Å²) in [5.41, 5.74) is 1.38. The van der Waals surface area contributed by atoms with E-state index >= 15 is 0 Å². The number of hydrogen-bond donors (Lipinski definition) is 0. The molecule has 0 N–H and O–H groups in total. The van der Waals surface area contributed by atoms with E-state index in [0.717, 1.165) is 25.7 Å². The van der Waals surface area contributed by atoms with Crippen LogP contribution >= 0.6 is 11.6 Å². The van der Waals surface area contributed by atoms with Crippen LogP contribution in [0.1, 0.15) is 25.7 Å². The van der Waals surface area contributed by atoms with Gasteiger partial charge in [0.2, 0.25) is 0 Å². The van der Waals surface area contributed by atoms with Crippen LogP contribution in [0, 0.1) is 11.8 Å². The molecule has 0 saturated heterocycles. The molecule has 1 fully saturated rings. The van der Waals surface area contributed by atoms with Gasteiger partial charge in [0.05, 0.1) is 30.6 Å². The number of aliphatic carboxylic acids is 1. The smallest absolute Gasteiger partial charge is 0.548 e. The molecule has 160 valence electrons. The number of carbonyl (C=O) groups is 2. The number of ether oxygens (including phenoxy) is 2. The van der Waals surface area contributed by atoms with Crippen LogP contribution in [0.4, 0.5) is 16.2 Å². The summed E-state index contributed by atoms with van der Waals surface area (Å²) >= 11 is 5.99. The van der Waals surface area contributed by atoms with Crippen LogP contribution in [0.2, 0.25) is 5.02 Å². The number of benzene rings is 2. The minimum Gasteiger partial charge on any atom is -0.548 e. The molecule has 0 aromatic heterocycles. The predicted octanol–water partition coefficient (Wildman–Crippen LogP) is 1.19. The zero-order valence-electron chi connectivity index (χ0n) is 17.7. The quantitative estimate of drug-likeness (QED) is 0.561. The van der Waals surface area contributed by atoms with Gasteiger partial charge in [0.25, 0.3) is 0 Å². The maximum absolute atomic E-state index is 13.0. The summed E-state index contributed by atoms with van der Waals surface area (Å²) in [5, 5.41) is 11.1. The Labute approximate surface area is 209 Å². The Balaban J connectivity index is 0.00000341. The third-order valence-corrected chi connectivity index (χ3v) is 5.44. The minimum absolute atomic E-state index is 0. The molecule has 8 heteroatoms. The number of anilines is 2. The Bertz CT molecular complexity index is 834. The molecular weight excluding hydrogens is 429 g/mol. The topological polar surface area (TPSA) is 78.9 Å². The van der Waals surface area contributed by atoms with E-state index in [1.165, 1.54) is 4.90 Å². The Hall–Kier alpha value is -1.57. The maximum Gasteiger partial charge on any atom is 1.00 e.